The van der Waals surface area contributed by atoms with Gasteiger partial charge in [-0.05, 0) is 37.5 Å². The highest BCUT2D eigenvalue weighted by molar-refractivity contribution is 6.33. The Labute approximate surface area is 181 Å². The van der Waals surface area contributed by atoms with Gasteiger partial charge in [-0.1, -0.05) is 11.6 Å². The van der Waals surface area contributed by atoms with Crippen molar-refractivity contribution in [3.63, 3.8) is 0 Å². The highest BCUT2D eigenvalue weighted by Crippen LogP contribution is 2.41. The fourth-order valence-electron chi connectivity index (χ4n) is 3.94. The second-order valence-electron chi connectivity index (χ2n) is 7.93. The van der Waals surface area contributed by atoms with Gasteiger partial charge in [0.15, 0.2) is 5.78 Å². The highest BCUT2D eigenvalue weighted by atomic mass is 35.5. The van der Waals surface area contributed by atoms with Crippen molar-refractivity contribution < 1.29 is 23.2 Å². The zero-order valence-electron chi connectivity index (χ0n) is 16.6. The molecule has 3 amide bonds. The molecule has 1 spiro atoms. The predicted octanol–water partition coefficient (Wildman–Crippen LogP) is 3.79. The summed E-state index contributed by atoms with van der Waals surface area (Å²) < 4.78 is 27.0. The van der Waals surface area contributed by atoms with E-state index in [4.69, 9.17) is 11.6 Å². The summed E-state index contributed by atoms with van der Waals surface area (Å²) in [6.45, 7) is 1.36. The van der Waals surface area contributed by atoms with E-state index in [1.54, 1.807) is 18.5 Å². The van der Waals surface area contributed by atoms with Crippen LogP contribution in [0.1, 0.15) is 41.6 Å². The number of Topliss-reactive ketones (excluding diaryl/α,β-unsaturated/α-hetero) is 1. The van der Waals surface area contributed by atoms with Crippen molar-refractivity contribution in [3.05, 3.63) is 46.9 Å². The van der Waals surface area contributed by atoms with Crippen LogP contribution in [0.3, 0.4) is 0 Å². The summed E-state index contributed by atoms with van der Waals surface area (Å²) in [4.78, 5) is 47.0. The average Bonchev–Trinajstić information content (AvgIpc) is 2.95. The molecule has 2 fully saturated rings. The number of pyridine rings is 2. The Balaban J connectivity index is 1.51. The SMILES string of the molecule is Cc1ccncc1-c1ncc(C(=O)CN2C(=O)NC3(CCC(F)(F)CC3)C2=O)cc1Cl. The number of halogens is 3. The standard InChI is InChI=1S/C21H19ClF2N4O3/c1-12-2-7-25-10-14(12)17-15(22)8-13(9-26-17)16(29)11-28-18(30)20(27-19(28)31)3-5-21(23,24)6-4-20/h2,7-10H,3-6,11H2,1H3,(H,27,31). The molecule has 7 nitrogen and oxygen atoms in total. The molecule has 1 aliphatic heterocycles. The average molecular weight is 449 g/mol. The van der Waals surface area contributed by atoms with E-state index in [9.17, 15) is 23.2 Å². The molecule has 1 saturated heterocycles. The van der Waals surface area contributed by atoms with Gasteiger partial charge in [0.1, 0.15) is 5.54 Å². The molecule has 0 atom stereocenters. The Morgan fingerprint density at radius 2 is 1.94 bits per heavy atom. The number of hydrogen-bond acceptors (Lipinski definition) is 5. The number of carbonyl (C=O) groups excluding carboxylic acids is 3. The number of rotatable bonds is 4. The maximum Gasteiger partial charge on any atom is 0.325 e. The lowest BCUT2D eigenvalue weighted by atomic mass is 9.80. The monoisotopic (exact) mass is 448 g/mol. The van der Waals surface area contributed by atoms with E-state index in [0.29, 0.717) is 5.69 Å². The number of imide groups is 1. The van der Waals surface area contributed by atoms with Crippen molar-refractivity contribution >= 4 is 29.3 Å². The molecule has 3 heterocycles. The Bertz CT molecular complexity index is 1080. The van der Waals surface area contributed by atoms with Crippen LogP contribution in [0.5, 0.6) is 0 Å². The van der Waals surface area contributed by atoms with Gasteiger partial charge in [0.05, 0.1) is 17.3 Å². The van der Waals surface area contributed by atoms with Crippen molar-refractivity contribution in [3.8, 4) is 11.3 Å². The molecule has 162 valence electrons. The summed E-state index contributed by atoms with van der Waals surface area (Å²) >= 11 is 6.32. The summed E-state index contributed by atoms with van der Waals surface area (Å²) in [5.41, 5.74) is 0.854. The van der Waals surface area contributed by atoms with Crippen LogP contribution in [0, 0.1) is 6.92 Å². The van der Waals surface area contributed by atoms with Crippen LogP contribution in [0.2, 0.25) is 5.02 Å². The Hall–Kier alpha value is -2.94. The first kappa shape index (κ1) is 21.3. The Morgan fingerprint density at radius 3 is 2.58 bits per heavy atom. The van der Waals surface area contributed by atoms with E-state index in [-0.39, 0.29) is 23.4 Å². The van der Waals surface area contributed by atoms with Gasteiger partial charge >= 0.3 is 6.03 Å². The number of nitrogens with zero attached hydrogens (tertiary/aromatic N) is 3. The molecule has 10 heteroatoms. The summed E-state index contributed by atoms with van der Waals surface area (Å²) in [6.07, 6.45) is 3.27. The zero-order valence-corrected chi connectivity index (χ0v) is 17.4. The van der Waals surface area contributed by atoms with Crippen molar-refractivity contribution in [1.82, 2.24) is 20.2 Å². The van der Waals surface area contributed by atoms with Crippen molar-refractivity contribution in [2.75, 3.05) is 6.54 Å². The lowest BCUT2D eigenvalue weighted by Crippen LogP contribution is -2.51. The molecule has 0 radical (unpaired) electrons. The van der Waals surface area contributed by atoms with Gasteiger partial charge in [-0.15, -0.1) is 0 Å². The molecule has 4 rings (SSSR count). The van der Waals surface area contributed by atoms with Crippen molar-refractivity contribution in [2.45, 2.75) is 44.1 Å². The first-order valence-corrected chi connectivity index (χ1v) is 10.1. The predicted molar refractivity (Wildman–Crippen MR) is 108 cm³/mol. The van der Waals surface area contributed by atoms with Crippen LogP contribution < -0.4 is 5.32 Å². The van der Waals surface area contributed by atoms with Crippen molar-refractivity contribution in [1.29, 1.82) is 0 Å². The summed E-state index contributed by atoms with van der Waals surface area (Å²) in [5, 5.41) is 2.74. The first-order chi connectivity index (χ1) is 14.6. The molecule has 2 aromatic rings. The normalized spacial score (nSPS) is 19.5. The molecule has 1 saturated carbocycles. The van der Waals surface area contributed by atoms with Crippen LogP contribution in [-0.2, 0) is 4.79 Å². The van der Waals surface area contributed by atoms with Gasteiger partial charge in [0.2, 0.25) is 5.92 Å². The molecule has 0 bridgehead atoms. The van der Waals surface area contributed by atoms with Gasteiger partial charge in [0.25, 0.3) is 5.91 Å². The molecule has 1 N–H and O–H groups in total. The second-order valence-corrected chi connectivity index (χ2v) is 8.33. The van der Waals surface area contributed by atoms with Crippen LogP contribution in [-0.4, -0.2) is 50.6 Å². The Kier molecular flexibility index (Phi) is 5.25. The lowest BCUT2D eigenvalue weighted by molar-refractivity contribution is -0.135. The van der Waals surface area contributed by atoms with Gasteiger partial charge in [-0.3, -0.25) is 24.5 Å². The fourth-order valence-corrected chi connectivity index (χ4v) is 4.20. The summed E-state index contributed by atoms with van der Waals surface area (Å²) in [7, 11) is 0. The number of alkyl halides is 2. The number of hydrogen-bond donors (Lipinski definition) is 1. The van der Waals surface area contributed by atoms with Crippen LogP contribution in [0.4, 0.5) is 13.6 Å². The highest BCUT2D eigenvalue weighted by Gasteiger charge is 2.55. The molecule has 2 aliphatic rings. The minimum Gasteiger partial charge on any atom is -0.323 e. The van der Waals surface area contributed by atoms with Crippen LogP contribution in [0.25, 0.3) is 11.3 Å². The number of urea groups is 1. The molecule has 0 unspecified atom stereocenters. The topological polar surface area (TPSA) is 92.3 Å². The molecular formula is C21H19ClF2N4O3. The second kappa shape index (κ2) is 7.64. The van der Waals surface area contributed by atoms with E-state index in [1.807, 2.05) is 6.92 Å². The third-order valence-corrected chi connectivity index (χ3v) is 6.13. The Morgan fingerprint density at radius 1 is 1.23 bits per heavy atom. The van der Waals surface area contributed by atoms with Gasteiger partial charge < -0.3 is 5.32 Å². The molecule has 0 aromatic carbocycles. The number of amides is 3. The van der Waals surface area contributed by atoms with Crippen LogP contribution in [0.15, 0.2) is 30.7 Å². The molecular weight excluding hydrogens is 430 g/mol. The maximum absolute atomic E-state index is 13.5. The number of nitrogens with one attached hydrogen (secondary N) is 1. The zero-order chi connectivity index (χ0) is 22.4. The number of aryl methyl sites for hydroxylation is 1. The lowest BCUT2D eigenvalue weighted by Gasteiger charge is -2.34. The van der Waals surface area contributed by atoms with Gasteiger partial charge in [-0.25, -0.2) is 13.6 Å². The van der Waals surface area contributed by atoms with E-state index < -0.39 is 48.6 Å². The van der Waals surface area contributed by atoms with Gasteiger partial charge in [0, 0.05) is 42.6 Å². The molecule has 31 heavy (non-hydrogen) atoms. The smallest absolute Gasteiger partial charge is 0.323 e. The summed E-state index contributed by atoms with van der Waals surface area (Å²) in [6, 6.07) is 2.47. The van der Waals surface area contributed by atoms with E-state index in [0.717, 1.165) is 16.0 Å². The van der Waals surface area contributed by atoms with Crippen LogP contribution >= 0.6 is 11.6 Å². The van der Waals surface area contributed by atoms with E-state index >= 15 is 0 Å². The minimum absolute atomic E-state index is 0.132. The summed E-state index contributed by atoms with van der Waals surface area (Å²) in [5.74, 6) is -4.04. The number of carbonyl (C=O) groups is 3. The quantitative estimate of drug-likeness (QED) is 0.567. The maximum atomic E-state index is 13.5. The number of aromatic nitrogens is 2. The van der Waals surface area contributed by atoms with Gasteiger partial charge in [-0.2, -0.15) is 0 Å². The molecule has 2 aromatic heterocycles. The largest absolute Gasteiger partial charge is 0.325 e. The molecule has 1 aliphatic carbocycles. The van der Waals surface area contributed by atoms with E-state index in [1.165, 1.54) is 12.3 Å². The third-order valence-electron chi connectivity index (χ3n) is 5.84. The fraction of sp³-hybridized carbons (Fsp3) is 0.381. The third kappa shape index (κ3) is 3.89. The minimum atomic E-state index is -2.85. The first-order valence-electron chi connectivity index (χ1n) is 9.74. The number of ketones is 1. The van der Waals surface area contributed by atoms with Crippen molar-refractivity contribution in [2.24, 2.45) is 0 Å². The van der Waals surface area contributed by atoms with E-state index in [2.05, 4.69) is 15.3 Å².